The van der Waals surface area contributed by atoms with Crippen LogP contribution in [-0.4, -0.2) is 26.4 Å². The highest BCUT2D eigenvalue weighted by Crippen LogP contribution is 2.28. The lowest BCUT2D eigenvalue weighted by molar-refractivity contribution is 0.00774. The zero-order valence-corrected chi connectivity index (χ0v) is 9.44. The van der Waals surface area contributed by atoms with E-state index in [1.165, 1.54) is 0 Å². The number of methoxy groups -OCH3 is 1. The van der Waals surface area contributed by atoms with E-state index in [1.54, 1.807) is 13.2 Å². The summed E-state index contributed by atoms with van der Waals surface area (Å²) >= 11 is 0. The first-order valence-corrected chi connectivity index (χ1v) is 5.47. The van der Waals surface area contributed by atoms with E-state index in [9.17, 15) is 0 Å². The fourth-order valence-electron chi connectivity index (χ4n) is 1.74. The molecule has 0 bridgehead atoms. The van der Waals surface area contributed by atoms with Gasteiger partial charge in [-0.15, -0.1) is 0 Å². The van der Waals surface area contributed by atoms with Crippen LogP contribution in [0.5, 0.6) is 11.5 Å². The summed E-state index contributed by atoms with van der Waals surface area (Å²) in [6, 6.07) is 5.44. The topological polar surface area (TPSA) is 53.7 Å². The van der Waals surface area contributed by atoms with Crippen molar-refractivity contribution < 1.29 is 14.2 Å². The fraction of sp³-hybridized carbons (Fsp3) is 0.500. The van der Waals surface area contributed by atoms with E-state index < -0.39 is 0 Å². The third kappa shape index (κ3) is 2.58. The van der Waals surface area contributed by atoms with E-state index in [-0.39, 0.29) is 6.10 Å². The van der Waals surface area contributed by atoms with Crippen molar-refractivity contribution in [2.24, 2.45) is 0 Å². The standard InChI is InChI=1S/C12H17NO3/c1-14-9-4-5-12(11(13)7-9)16-10-3-2-6-15-8-10/h4-5,7,10H,2-3,6,8,13H2,1H3. The summed E-state index contributed by atoms with van der Waals surface area (Å²) in [5, 5.41) is 0. The van der Waals surface area contributed by atoms with Crippen molar-refractivity contribution in [3.8, 4) is 11.5 Å². The lowest BCUT2D eigenvalue weighted by Gasteiger charge is -2.24. The molecule has 1 aromatic rings. The van der Waals surface area contributed by atoms with Crippen LogP contribution >= 0.6 is 0 Å². The second-order valence-electron chi connectivity index (χ2n) is 3.86. The van der Waals surface area contributed by atoms with E-state index in [0.29, 0.717) is 18.0 Å². The maximum Gasteiger partial charge on any atom is 0.143 e. The molecule has 0 amide bonds. The number of benzene rings is 1. The van der Waals surface area contributed by atoms with Crippen molar-refractivity contribution in [3.05, 3.63) is 18.2 Å². The van der Waals surface area contributed by atoms with Gasteiger partial charge < -0.3 is 19.9 Å². The van der Waals surface area contributed by atoms with Crippen LogP contribution in [0.1, 0.15) is 12.8 Å². The van der Waals surface area contributed by atoms with Crippen LogP contribution in [0.2, 0.25) is 0 Å². The highest BCUT2D eigenvalue weighted by atomic mass is 16.5. The maximum atomic E-state index is 5.87. The summed E-state index contributed by atoms with van der Waals surface area (Å²) in [5.74, 6) is 1.45. The Hall–Kier alpha value is -1.42. The average molecular weight is 223 g/mol. The Balaban J connectivity index is 2.03. The van der Waals surface area contributed by atoms with Crippen LogP contribution in [0.25, 0.3) is 0 Å². The van der Waals surface area contributed by atoms with Crippen molar-refractivity contribution in [2.45, 2.75) is 18.9 Å². The first-order chi connectivity index (χ1) is 7.79. The molecule has 1 aliphatic heterocycles. The molecule has 16 heavy (non-hydrogen) atoms. The molecule has 1 aliphatic rings. The minimum Gasteiger partial charge on any atom is -0.497 e. The maximum absolute atomic E-state index is 5.87. The van der Waals surface area contributed by atoms with Gasteiger partial charge in [-0.3, -0.25) is 0 Å². The summed E-state index contributed by atoms with van der Waals surface area (Å²) in [7, 11) is 1.62. The second kappa shape index (κ2) is 5.07. The molecule has 0 aromatic heterocycles. The molecule has 88 valence electrons. The van der Waals surface area contributed by atoms with Crippen LogP contribution in [-0.2, 0) is 4.74 Å². The summed E-state index contributed by atoms with van der Waals surface area (Å²) < 4.78 is 16.2. The van der Waals surface area contributed by atoms with Crippen molar-refractivity contribution >= 4 is 5.69 Å². The third-order valence-electron chi connectivity index (χ3n) is 2.63. The summed E-state index contributed by atoms with van der Waals surface area (Å²) in [4.78, 5) is 0. The number of anilines is 1. The number of hydrogen-bond donors (Lipinski definition) is 1. The fourth-order valence-corrected chi connectivity index (χ4v) is 1.74. The molecule has 1 unspecified atom stereocenters. The molecular formula is C12H17NO3. The van der Waals surface area contributed by atoms with Crippen molar-refractivity contribution in [2.75, 3.05) is 26.1 Å². The van der Waals surface area contributed by atoms with Gasteiger partial charge in [-0.2, -0.15) is 0 Å². The second-order valence-corrected chi connectivity index (χ2v) is 3.86. The molecule has 1 fully saturated rings. The van der Waals surface area contributed by atoms with Gasteiger partial charge in [-0.1, -0.05) is 0 Å². The Morgan fingerprint density at radius 1 is 1.44 bits per heavy atom. The molecular weight excluding hydrogens is 206 g/mol. The van der Waals surface area contributed by atoms with Gasteiger partial charge in [0, 0.05) is 12.7 Å². The van der Waals surface area contributed by atoms with Crippen LogP contribution < -0.4 is 15.2 Å². The molecule has 2 N–H and O–H groups in total. The molecule has 0 radical (unpaired) electrons. The smallest absolute Gasteiger partial charge is 0.143 e. The van der Waals surface area contributed by atoms with E-state index in [1.807, 2.05) is 12.1 Å². The van der Waals surface area contributed by atoms with Crippen molar-refractivity contribution in [1.29, 1.82) is 0 Å². The SMILES string of the molecule is COc1ccc(OC2CCCOC2)c(N)c1. The quantitative estimate of drug-likeness (QED) is 0.794. The Morgan fingerprint density at radius 2 is 2.31 bits per heavy atom. The first kappa shape index (κ1) is 11.1. The molecule has 2 rings (SSSR count). The lowest BCUT2D eigenvalue weighted by atomic mass is 10.2. The van der Waals surface area contributed by atoms with Gasteiger partial charge in [0.05, 0.1) is 19.4 Å². The molecule has 1 aromatic carbocycles. The molecule has 0 aliphatic carbocycles. The average Bonchev–Trinajstić information content (AvgIpc) is 2.33. The zero-order valence-electron chi connectivity index (χ0n) is 9.44. The van der Waals surface area contributed by atoms with Gasteiger partial charge >= 0.3 is 0 Å². The van der Waals surface area contributed by atoms with Crippen LogP contribution in [0.15, 0.2) is 18.2 Å². The summed E-state index contributed by atoms with van der Waals surface area (Å²) in [6.07, 6.45) is 2.18. The highest BCUT2D eigenvalue weighted by molar-refractivity contribution is 5.56. The molecule has 4 nitrogen and oxygen atoms in total. The van der Waals surface area contributed by atoms with Crippen LogP contribution in [0.4, 0.5) is 5.69 Å². The van der Waals surface area contributed by atoms with Crippen molar-refractivity contribution in [1.82, 2.24) is 0 Å². The third-order valence-corrected chi connectivity index (χ3v) is 2.63. The number of ether oxygens (including phenoxy) is 3. The first-order valence-electron chi connectivity index (χ1n) is 5.47. The van der Waals surface area contributed by atoms with E-state index in [2.05, 4.69) is 0 Å². The van der Waals surface area contributed by atoms with E-state index >= 15 is 0 Å². The zero-order chi connectivity index (χ0) is 11.4. The molecule has 4 heteroatoms. The number of hydrogen-bond acceptors (Lipinski definition) is 4. The highest BCUT2D eigenvalue weighted by Gasteiger charge is 2.16. The van der Waals surface area contributed by atoms with Gasteiger partial charge in [0.25, 0.3) is 0 Å². The Kier molecular flexibility index (Phi) is 3.51. The van der Waals surface area contributed by atoms with E-state index in [0.717, 1.165) is 25.2 Å². The minimum atomic E-state index is 0.115. The minimum absolute atomic E-state index is 0.115. The Morgan fingerprint density at radius 3 is 2.94 bits per heavy atom. The number of nitrogens with two attached hydrogens (primary N) is 1. The van der Waals surface area contributed by atoms with Gasteiger partial charge in [0.15, 0.2) is 0 Å². The monoisotopic (exact) mass is 223 g/mol. The van der Waals surface area contributed by atoms with Gasteiger partial charge in [0.2, 0.25) is 0 Å². The Labute approximate surface area is 95.3 Å². The largest absolute Gasteiger partial charge is 0.497 e. The Bertz CT molecular complexity index is 348. The van der Waals surface area contributed by atoms with Crippen molar-refractivity contribution in [3.63, 3.8) is 0 Å². The molecule has 0 spiro atoms. The lowest BCUT2D eigenvalue weighted by Crippen LogP contribution is -2.28. The van der Waals surface area contributed by atoms with Gasteiger partial charge in [-0.05, 0) is 25.0 Å². The van der Waals surface area contributed by atoms with Gasteiger partial charge in [-0.25, -0.2) is 0 Å². The predicted octanol–water partition coefficient (Wildman–Crippen LogP) is 1.84. The van der Waals surface area contributed by atoms with E-state index in [4.69, 9.17) is 19.9 Å². The summed E-state index contributed by atoms with van der Waals surface area (Å²) in [5.41, 5.74) is 6.47. The van der Waals surface area contributed by atoms with Crippen LogP contribution in [0, 0.1) is 0 Å². The normalized spacial score (nSPS) is 20.4. The van der Waals surface area contributed by atoms with Gasteiger partial charge in [0.1, 0.15) is 17.6 Å². The molecule has 1 heterocycles. The van der Waals surface area contributed by atoms with Crippen LogP contribution in [0.3, 0.4) is 0 Å². The predicted molar refractivity (Wildman–Crippen MR) is 61.9 cm³/mol. The molecule has 1 atom stereocenters. The molecule has 0 saturated carbocycles. The summed E-state index contributed by atoms with van der Waals surface area (Å²) in [6.45, 7) is 1.48. The molecule has 1 saturated heterocycles. The number of nitrogen functional groups attached to an aromatic ring is 1. The number of rotatable bonds is 3.